The molecule has 1 saturated carbocycles. The highest BCUT2D eigenvalue weighted by molar-refractivity contribution is 5.96. The summed E-state index contributed by atoms with van der Waals surface area (Å²) >= 11 is 0. The molecule has 3 N–H and O–H groups in total. The zero-order valence-electron chi connectivity index (χ0n) is 21.0. The third-order valence-corrected chi connectivity index (χ3v) is 7.42. The number of aromatic nitrogens is 2. The first kappa shape index (κ1) is 24.3. The van der Waals surface area contributed by atoms with E-state index in [2.05, 4.69) is 37.8 Å². The Morgan fingerprint density at radius 1 is 1.14 bits per heavy atom. The molecule has 3 heterocycles. The van der Waals surface area contributed by atoms with E-state index in [1.807, 2.05) is 6.07 Å². The summed E-state index contributed by atoms with van der Waals surface area (Å²) in [5.41, 5.74) is 1.86. The molecule has 2 aliphatic heterocycles. The van der Waals surface area contributed by atoms with Gasteiger partial charge in [-0.15, -0.1) is 0 Å². The van der Waals surface area contributed by atoms with Gasteiger partial charge in [-0.2, -0.15) is 4.98 Å². The molecule has 2 amide bonds. The van der Waals surface area contributed by atoms with Gasteiger partial charge in [-0.25, -0.2) is 4.98 Å². The minimum atomic E-state index is -0.0985. The minimum Gasteiger partial charge on any atom is -0.495 e. The number of nitrogens with zero attached hydrogens (tertiary/aromatic N) is 4. The van der Waals surface area contributed by atoms with Crippen LogP contribution in [0.25, 0.3) is 0 Å². The number of hydrogen-bond acceptors (Lipinski definition) is 8. The summed E-state index contributed by atoms with van der Waals surface area (Å²) in [7, 11) is 3.68. The summed E-state index contributed by atoms with van der Waals surface area (Å²) in [6, 6.07) is 5.91. The molecule has 192 valence electrons. The number of benzene rings is 1. The molecule has 0 radical (unpaired) electrons. The molecule has 0 unspecified atom stereocenters. The van der Waals surface area contributed by atoms with Gasteiger partial charge in [0, 0.05) is 30.6 Å². The molecule has 0 atom stereocenters. The molecular weight excluding hydrogens is 458 g/mol. The summed E-state index contributed by atoms with van der Waals surface area (Å²) in [4.78, 5) is 38.8. The summed E-state index contributed by atoms with van der Waals surface area (Å²) in [6.45, 7) is 2.61. The second-order valence-electron chi connectivity index (χ2n) is 9.95. The first-order chi connectivity index (χ1) is 17.5. The van der Waals surface area contributed by atoms with Crippen molar-refractivity contribution < 1.29 is 14.3 Å². The van der Waals surface area contributed by atoms with E-state index in [0.29, 0.717) is 47.6 Å². The van der Waals surface area contributed by atoms with Crippen LogP contribution in [0.4, 0.5) is 23.1 Å². The van der Waals surface area contributed by atoms with E-state index in [9.17, 15) is 9.59 Å². The van der Waals surface area contributed by atoms with E-state index in [-0.39, 0.29) is 17.9 Å². The van der Waals surface area contributed by atoms with Gasteiger partial charge in [0.2, 0.25) is 11.9 Å². The standard InChI is InChI=1S/C26H35N7O3/c1-32-12-9-18(10-13-32)28-25(35)17-7-8-20(22(15-17)36-2)30-26-27-16-21-24(31-26)33(14-11-23(34)29-21)19-5-3-4-6-19/h7-8,15-16,18-19H,3-6,9-14H2,1-2H3,(H,28,35)(H,29,34)(H,27,30,31). The number of hydrogen-bond donors (Lipinski definition) is 3. The van der Waals surface area contributed by atoms with E-state index >= 15 is 0 Å². The van der Waals surface area contributed by atoms with E-state index in [0.717, 1.165) is 44.6 Å². The summed E-state index contributed by atoms with van der Waals surface area (Å²) in [5.74, 6) is 1.58. The number of nitrogens with one attached hydrogen (secondary N) is 3. The monoisotopic (exact) mass is 493 g/mol. The Labute approximate surface area is 211 Å². The zero-order chi connectivity index (χ0) is 25.1. The Bertz CT molecular complexity index is 1110. The topological polar surface area (TPSA) is 112 Å². The number of likely N-dealkylation sites (tertiary alicyclic amines) is 1. The minimum absolute atomic E-state index is 0.0168. The smallest absolute Gasteiger partial charge is 0.251 e. The largest absolute Gasteiger partial charge is 0.495 e. The van der Waals surface area contributed by atoms with Crippen LogP contribution in [0.15, 0.2) is 24.4 Å². The molecule has 3 aliphatic rings. The molecule has 0 bridgehead atoms. The van der Waals surface area contributed by atoms with E-state index in [4.69, 9.17) is 9.72 Å². The maximum atomic E-state index is 12.8. The molecule has 1 aliphatic carbocycles. The molecule has 2 fully saturated rings. The van der Waals surface area contributed by atoms with Crippen molar-refractivity contribution in [2.75, 3.05) is 49.3 Å². The third kappa shape index (κ3) is 5.38. The van der Waals surface area contributed by atoms with Crippen molar-refractivity contribution >= 4 is 35.0 Å². The predicted octanol–water partition coefficient (Wildman–Crippen LogP) is 3.14. The Morgan fingerprint density at radius 2 is 1.92 bits per heavy atom. The molecule has 36 heavy (non-hydrogen) atoms. The van der Waals surface area contributed by atoms with Gasteiger partial charge in [0.15, 0.2) is 5.82 Å². The van der Waals surface area contributed by atoms with Gasteiger partial charge in [-0.05, 0) is 64.0 Å². The Morgan fingerprint density at radius 3 is 2.67 bits per heavy atom. The van der Waals surface area contributed by atoms with Crippen LogP contribution in [-0.4, -0.2) is 72.6 Å². The SMILES string of the molecule is COc1cc(C(=O)NC2CCN(C)CC2)ccc1Nc1ncc2c(n1)N(C1CCCC1)CCC(=O)N2. The number of piperidine rings is 1. The highest BCUT2D eigenvalue weighted by Gasteiger charge is 2.29. The number of fused-ring (bicyclic) bond motifs is 1. The van der Waals surface area contributed by atoms with Crippen LogP contribution in [-0.2, 0) is 4.79 Å². The number of rotatable bonds is 6. The first-order valence-corrected chi connectivity index (χ1v) is 12.9. The van der Waals surface area contributed by atoms with Crippen molar-refractivity contribution in [1.29, 1.82) is 0 Å². The fourth-order valence-corrected chi connectivity index (χ4v) is 5.33. The molecule has 0 spiro atoms. The summed E-state index contributed by atoms with van der Waals surface area (Å²) in [5, 5.41) is 9.33. The highest BCUT2D eigenvalue weighted by atomic mass is 16.5. The quantitative estimate of drug-likeness (QED) is 0.563. The van der Waals surface area contributed by atoms with Crippen molar-refractivity contribution in [1.82, 2.24) is 20.2 Å². The molecular formula is C26H35N7O3. The number of anilines is 4. The van der Waals surface area contributed by atoms with Gasteiger partial charge in [-0.3, -0.25) is 9.59 Å². The second kappa shape index (κ2) is 10.7. The van der Waals surface area contributed by atoms with Crippen LogP contribution in [0.2, 0.25) is 0 Å². The van der Waals surface area contributed by atoms with Crippen molar-refractivity contribution in [3.05, 3.63) is 30.0 Å². The van der Waals surface area contributed by atoms with Gasteiger partial charge in [-0.1, -0.05) is 12.8 Å². The Kier molecular flexibility index (Phi) is 7.22. The average molecular weight is 494 g/mol. The van der Waals surface area contributed by atoms with E-state index in [1.54, 1.807) is 25.4 Å². The van der Waals surface area contributed by atoms with Gasteiger partial charge in [0.25, 0.3) is 5.91 Å². The van der Waals surface area contributed by atoms with Gasteiger partial charge < -0.3 is 30.5 Å². The zero-order valence-corrected chi connectivity index (χ0v) is 21.0. The molecule has 1 aromatic carbocycles. The number of ether oxygens (including phenoxy) is 1. The Balaban J connectivity index is 1.34. The molecule has 10 heteroatoms. The predicted molar refractivity (Wildman–Crippen MR) is 139 cm³/mol. The van der Waals surface area contributed by atoms with Gasteiger partial charge in [0.1, 0.15) is 11.4 Å². The van der Waals surface area contributed by atoms with Crippen LogP contribution in [0.3, 0.4) is 0 Å². The fraction of sp³-hybridized carbons (Fsp3) is 0.538. The van der Waals surface area contributed by atoms with Crippen LogP contribution in [0.1, 0.15) is 55.3 Å². The van der Waals surface area contributed by atoms with Gasteiger partial charge >= 0.3 is 0 Å². The van der Waals surface area contributed by atoms with E-state index in [1.165, 1.54) is 12.8 Å². The van der Waals surface area contributed by atoms with Crippen molar-refractivity contribution in [2.24, 2.45) is 0 Å². The van der Waals surface area contributed by atoms with Crippen molar-refractivity contribution in [3.8, 4) is 5.75 Å². The van der Waals surface area contributed by atoms with Crippen molar-refractivity contribution in [2.45, 2.75) is 57.0 Å². The van der Waals surface area contributed by atoms with Crippen LogP contribution in [0.5, 0.6) is 5.75 Å². The van der Waals surface area contributed by atoms with Crippen molar-refractivity contribution in [3.63, 3.8) is 0 Å². The second-order valence-corrected chi connectivity index (χ2v) is 9.95. The molecule has 2 aromatic rings. The summed E-state index contributed by atoms with van der Waals surface area (Å²) < 4.78 is 5.59. The Hall–Kier alpha value is -3.40. The van der Waals surface area contributed by atoms with E-state index < -0.39 is 0 Å². The van der Waals surface area contributed by atoms with Crippen LogP contribution in [0, 0.1) is 0 Å². The maximum absolute atomic E-state index is 12.8. The molecule has 10 nitrogen and oxygen atoms in total. The van der Waals surface area contributed by atoms with Crippen LogP contribution >= 0.6 is 0 Å². The summed E-state index contributed by atoms with van der Waals surface area (Å²) in [6.07, 6.45) is 8.60. The highest BCUT2D eigenvalue weighted by Crippen LogP contribution is 2.35. The first-order valence-electron chi connectivity index (χ1n) is 12.9. The molecule has 5 rings (SSSR count). The lowest BCUT2D eigenvalue weighted by molar-refractivity contribution is -0.116. The lowest BCUT2D eigenvalue weighted by atomic mass is 10.0. The number of methoxy groups -OCH3 is 1. The normalized spacial score (nSPS) is 19.4. The lowest BCUT2D eigenvalue weighted by Gasteiger charge is -2.29. The van der Waals surface area contributed by atoms with Crippen LogP contribution < -0.4 is 25.6 Å². The third-order valence-electron chi connectivity index (χ3n) is 7.42. The number of carbonyl (C=O) groups is 2. The number of amides is 2. The molecule has 1 aromatic heterocycles. The molecule has 1 saturated heterocycles. The van der Waals surface area contributed by atoms with Gasteiger partial charge in [0.05, 0.1) is 19.0 Å². The average Bonchev–Trinajstić information content (AvgIpc) is 3.36. The lowest BCUT2D eigenvalue weighted by Crippen LogP contribution is -2.43. The maximum Gasteiger partial charge on any atom is 0.251 e. The number of carbonyl (C=O) groups excluding carboxylic acids is 2. The fourth-order valence-electron chi connectivity index (χ4n) is 5.33.